The molecular formula is C12H12N2O2S. The minimum atomic E-state index is -0.889. The van der Waals surface area contributed by atoms with Crippen LogP contribution in [0.25, 0.3) is 0 Å². The maximum Gasteiger partial charge on any atom is 0.336 e. The molecule has 1 heterocycles. The van der Waals surface area contributed by atoms with E-state index in [4.69, 9.17) is 5.11 Å². The number of nitrogens with one attached hydrogen (secondary N) is 1. The van der Waals surface area contributed by atoms with E-state index in [-0.39, 0.29) is 0 Å². The third-order valence-electron chi connectivity index (χ3n) is 2.35. The van der Waals surface area contributed by atoms with Gasteiger partial charge in [0, 0.05) is 24.2 Å². The molecule has 0 aliphatic heterocycles. The van der Waals surface area contributed by atoms with Gasteiger partial charge in [0.05, 0.1) is 11.1 Å². The molecule has 0 fully saturated rings. The average molecular weight is 248 g/mol. The molecule has 0 aliphatic rings. The summed E-state index contributed by atoms with van der Waals surface area (Å²) in [4.78, 5) is 16.1. The van der Waals surface area contributed by atoms with Gasteiger partial charge in [-0.1, -0.05) is 18.2 Å². The lowest BCUT2D eigenvalue weighted by molar-refractivity contribution is 0.0695. The fraction of sp³-hybridized carbons (Fsp3) is 0.167. The topological polar surface area (TPSA) is 62.2 Å². The maximum absolute atomic E-state index is 11.0. The van der Waals surface area contributed by atoms with Crippen molar-refractivity contribution in [3.05, 3.63) is 52.0 Å². The Kier molecular flexibility index (Phi) is 3.85. The quantitative estimate of drug-likeness (QED) is 0.851. The van der Waals surface area contributed by atoms with Gasteiger partial charge >= 0.3 is 5.97 Å². The van der Waals surface area contributed by atoms with Crippen LogP contribution < -0.4 is 5.32 Å². The normalized spacial score (nSPS) is 10.4. The molecule has 0 aliphatic carbocycles. The Labute approximate surface area is 103 Å². The van der Waals surface area contributed by atoms with Crippen molar-refractivity contribution in [2.45, 2.75) is 13.1 Å². The summed E-state index contributed by atoms with van der Waals surface area (Å²) in [5, 5.41) is 12.2. The lowest BCUT2D eigenvalue weighted by Crippen LogP contribution is -2.14. The molecule has 4 nitrogen and oxygen atoms in total. The molecule has 0 saturated heterocycles. The smallest absolute Gasteiger partial charge is 0.336 e. The van der Waals surface area contributed by atoms with E-state index in [2.05, 4.69) is 10.3 Å². The van der Waals surface area contributed by atoms with Gasteiger partial charge in [-0.2, -0.15) is 0 Å². The third kappa shape index (κ3) is 3.12. The van der Waals surface area contributed by atoms with Gasteiger partial charge in [0.2, 0.25) is 0 Å². The predicted octanol–water partition coefficient (Wildman–Crippen LogP) is 2.13. The van der Waals surface area contributed by atoms with E-state index < -0.39 is 5.97 Å². The first-order chi connectivity index (χ1) is 8.27. The van der Waals surface area contributed by atoms with Crippen LogP contribution in [0, 0.1) is 0 Å². The van der Waals surface area contributed by atoms with Gasteiger partial charge in [-0.05, 0) is 11.6 Å². The number of carbonyl (C=O) groups is 1. The van der Waals surface area contributed by atoms with Crippen LogP contribution in [0.15, 0.2) is 36.0 Å². The summed E-state index contributed by atoms with van der Waals surface area (Å²) in [7, 11) is 0. The zero-order valence-electron chi connectivity index (χ0n) is 9.09. The summed E-state index contributed by atoms with van der Waals surface area (Å²) in [5.41, 5.74) is 2.93. The summed E-state index contributed by atoms with van der Waals surface area (Å²) in [6.45, 7) is 1.25. The Bertz CT molecular complexity index is 497. The molecule has 1 aromatic heterocycles. The Hall–Kier alpha value is -1.72. The number of rotatable bonds is 5. The summed E-state index contributed by atoms with van der Waals surface area (Å²) < 4.78 is 0. The maximum atomic E-state index is 11.0. The molecule has 2 rings (SSSR count). The first kappa shape index (κ1) is 11.8. The largest absolute Gasteiger partial charge is 0.478 e. The van der Waals surface area contributed by atoms with Crippen molar-refractivity contribution >= 4 is 17.3 Å². The molecule has 0 spiro atoms. The van der Waals surface area contributed by atoms with Gasteiger partial charge in [0.1, 0.15) is 0 Å². The van der Waals surface area contributed by atoms with Crippen LogP contribution in [0.1, 0.15) is 20.8 Å². The van der Waals surface area contributed by atoms with E-state index in [0.717, 1.165) is 10.4 Å². The van der Waals surface area contributed by atoms with Crippen LogP contribution in [-0.2, 0) is 13.1 Å². The molecule has 2 aromatic rings. The van der Waals surface area contributed by atoms with E-state index in [1.54, 1.807) is 35.2 Å². The first-order valence-electron chi connectivity index (χ1n) is 5.16. The fourth-order valence-corrected chi connectivity index (χ4v) is 2.10. The summed E-state index contributed by atoms with van der Waals surface area (Å²) in [5.74, 6) is -0.889. The molecule has 5 heteroatoms. The molecular weight excluding hydrogens is 236 g/mol. The van der Waals surface area contributed by atoms with Gasteiger partial charge in [-0.15, -0.1) is 11.3 Å². The van der Waals surface area contributed by atoms with Gasteiger partial charge in [0.15, 0.2) is 0 Å². The van der Waals surface area contributed by atoms with E-state index in [9.17, 15) is 4.79 Å². The van der Waals surface area contributed by atoms with Crippen molar-refractivity contribution in [2.75, 3.05) is 0 Å². The highest BCUT2D eigenvalue weighted by atomic mass is 32.1. The molecule has 2 N–H and O–H groups in total. The summed E-state index contributed by atoms with van der Waals surface area (Å²) in [6.07, 6.45) is 1.81. The standard InChI is InChI=1S/C12H12N2O2S/c15-12(16)11-4-2-1-3-9(11)5-13-6-10-7-14-8-17-10/h1-4,7-8,13H,5-6H2,(H,15,16). The van der Waals surface area contributed by atoms with E-state index in [0.29, 0.717) is 18.7 Å². The van der Waals surface area contributed by atoms with Gasteiger partial charge in [0.25, 0.3) is 0 Å². The lowest BCUT2D eigenvalue weighted by Gasteiger charge is -2.06. The number of carboxylic acid groups (broad SMARTS) is 1. The number of hydrogen-bond acceptors (Lipinski definition) is 4. The van der Waals surface area contributed by atoms with Gasteiger partial charge in [-0.25, -0.2) is 4.79 Å². The lowest BCUT2D eigenvalue weighted by atomic mass is 10.1. The average Bonchev–Trinajstić information content (AvgIpc) is 2.82. The highest BCUT2D eigenvalue weighted by Crippen LogP contribution is 2.09. The zero-order chi connectivity index (χ0) is 12.1. The number of aromatic carboxylic acids is 1. The molecule has 17 heavy (non-hydrogen) atoms. The fourth-order valence-electron chi connectivity index (χ4n) is 1.53. The van der Waals surface area contributed by atoms with Crippen molar-refractivity contribution in [2.24, 2.45) is 0 Å². The van der Waals surface area contributed by atoms with Crippen molar-refractivity contribution in [3.63, 3.8) is 0 Å². The molecule has 0 radical (unpaired) electrons. The number of aromatic nitrogens is 1. The number of nitrogens with zero attached hydrogens (tertiary/aromatic N) is 1. The van der Waals surface area contributed by atoms with Crippen molar-refractivity contribution in [3.8, 4) is 0 Å². The van der Waals surface area contributed by atoms with Crippen molar-refractivity contribution < 1.29 is 9.90 Å². The Morgan fingerprint density at radius 3 is 2.88 bits per heavy atom. The first-order valence-corrected chi connectivity index (χ1v) is 6.04. The van der Waals surface area contributed by atoms with Gasteiger partial charge in [-0.3, -0.25) is 4.98 Å². The van der Waals surface area contributed by atoms with Crippen LogP contribution in [-0.4, -0.2) is 16.1 Å². The molecule has 88 valence electrons. The third-order valence-corrected chi connectivity index (χ3v) is 3.13. The predicted molar refractivity (Wildman–Crippen MR) is 66.1 cm³/mol. The van der Waals surface area contributed by atoms with Crippen LogP contribution in [0.2, 0.25) is 0 Å². The second-order valence-electron chi connectivity index (χ2n) is 3.53. The summed E-state index contributed by atoms with van der Waals surface area (Å²) >= 11 is 1.58. The van der Waals surface area contributed by atoms with Gasteiger partial charge < -0.3 is 10.4 Å². The minimum absolute atomic E-state index is 0.351. The van der Waals surface area contributed by atoms with E-state index in [1.807, 2.05) is 12.1 Å². The highest BCUT2D eigenvalue weighted by molar-refractivity contribution is 7.09. The molecule has 1 aromatic carbocycles. The van der Waals surface area contributed by atoms with E-state index >= 15 is 0 Å². The van der Waals surface area contributed by atoms with Crippen LogP contribution >= 0.6 is 11.3 Å². The summed E-state index contributed by atoms with van der Waals surface area (Å²) in [6, 6.07) is 7.02. The molecule has 0 amide bonds. The molecule has 0 bridgehead atoms. The second kappa shape index (κ2) is 5.56. The monoisotopic (exact) mass is 248 g/mol. The van der Waals surface area contributed by atoms with Crippen molar-refractivity contribution in [1.82, 2.24) is 10.3 Å². The molecule has 0 saturated carbocycles. The van der Waals surface area contributed by atoms with Crippen LogP contribution in [0.3, 0.4) is 0 Å². The Balaban J connectivity index is 1.97. The zero-order valence-corrected chi connectivity index (χ0v) is 9.91. The second-order valence-corrected chi connectivity index (χ2v) is 4.50. The highest BCUT2D eigenvalue weighted by Gasteiger charge is 2.08. The molecule has 0 atom stereocenters. The molecule has 0 unspecified atom stereocenters. The van der Waals surface area contributed by atoms with Crippen LogP contribution in [0.4, 0.5) is 0 Å². The van der Waals surface area contributed by atoms with Crippen molar-refractivity contribution in [1.29, 1.82) is 0 Å². The van der Waals surface area contributed by atoms with Crippen LogP contribution in [0.5, 0.6) is 0 Å². The number of carboxylic acids is 1. The SMILES string of the molecule is O=C(O)c1ccccc1CNCc1cncs1. The Morgan fingerprint density at radius 1 is 1.35 bits per heavy atom. The number of hydrogen-bond donors (Lipinski definition) is 2. The minimum Gasteiger partial charge on any atom is -0.478 e. The number of thiazole rings is 1. The Morgan fingerprint density at radius 2 is 2.18 bits per heavy atom. The number of benzene rings is 1. The van der Waals surface area contributed by atoms with E-state index in [1.165, 1.54) is 0 Å².